The average molecular weight is 278 g/mol. The highest BCUT2D eigenvalue weighted by molar-refractivity contribution is 6.04. The fourth-order valence-corrected chi connectivity index (χ4v) is 2.51. The monoisotopic (exact) mass is 278 g/mol. The Morgan fingerprint density at radius 1 is 1.40 bits per heavy atom. The van der Waals surface area contributed by atoms with Crippen molar-refractivity contribution in [3.63, 3.8) is 0 Å². The van der Waals surface area contributed by atoms with E-state index in [1.54, 1.807) is 16.5 Å². The molecule has 110 valence electrons. The Morgan fingerprint density at radius 2 is 2.10 bits per heavy atom. The quantitative estimate of drug-likeness (QED) is 0.897. The molecule has 6 heteroatoms. The van der Waals surface area contributed by atoms with Gasteiger partial charge in [-0.1, -0.05) is 13.8 Å². The molecule has 1 aromatic heterocycles. The molecule has 1 unspecified atom stereocenters. The van der Waals surface area contributed by atoms with Crippen molar-refractivity contribution in [1.82, 2.24) is 15.1 Å². The van der Waals surface area contributed by atoms with Crippen LogP contribution in [0.3, 0.4) is 0 Å². The number of nitrogens with zero attached hydrogens (tertiary/aromatic N) is 3. The van der Waals surface area contributed by atoms with Gasteiger partial charge in [-0.15, -0.1) is 0 Å². The molecule has 1 saturated heterocycles. The van der Waals surface area contributed by atoms with Gasteiger partial charge in [0, 0.05) is 26.2 Å². The van der Waals surface area contributed by atoms with Crippen LogP contribution in [0, 0.1) is 0 Å². The summed E-state index contributed by atoms with van der Waals surface area (Å²) in [5, 5.41) is 7.22. The molecule has 20 heavy (non-hydrogen) atoms. The molecule has 1 fully saturated rings. The maximum absolute atomic E-state index is 12.8. The van der Waals surface area contributed by atoms with E-state index in [1.807, 2.05) is 27.1 Å². The first kappa shape index (κ1) is 14.6. The van der Waals surface area contributed by atoms with Crippen molar-refractivity contribution >= 4 is 17.5 Å². The number of rotatable bonds is 3. The summed E-state index contributed by atoms with van der Waals surface area (Å²) < 4.78 is 1.71. The minimum absolute atomic E-state index is 0.0615. The Morgan fingerprint density at radius 3 is 2.70 bits per heavy atom. The van der Waals surface area contributed by atoms with Gasteiger partial charge in [-0.2, -0.15) is 5.10 Å². The molecule has 1 aliphatic rings. The van der Waals surface area contributed by atoms with Gasteiger partial charge in [0.15, 0.2) is 0 Å². The van der Waals surface area contributed by atoms with Crippen LogP contribution in [-0.4, -0.2) is 33.7 Å². The Labute approximate surface area is 119 Å². The molecule has 0 aliphatic carbocycles. The van der Waals surface area contributed by atoms with E-state index < -0.39 is 5.54 Å². The third-order valence-electron chi connectivity index (χ3n) is 3.91. The van der Waals surface area contributed by atoms with E-state index in [-0.39, 0.29) is 11.8 Å². The molecule has 2 rings (SSSR count). The van der Waals surface area contributed by atoms with Gasteiger partial charge in [0.05, 0.1) is 11.4 Å². The molecule has 1 aromatic rings. The fraction of sp³-hybridized carbons (Fsp3) is 0.643. The van der Waals surface area contributed by atoms with Gasteiger partial charge in [-0.25, -0.2) is 0 Å². The standard InChI is InChI=1S/C14H22N4O2/c1-5-10-11(9-17(4)16-10)18-8-7-12(19)15-14(3,6-2)13(18)20/h9H,5-8H2,1-4H3,(H,15,19). The number of carbonyl (C=O) groups is 2. The zero-order valence-electron chi connectivity index (χ0n) is 12.6. The van der Waals surface area contributed by atoms with Crippen LogP contribution in [0.4, 0.5) is 5.69 Å². The molecule has 1 atom stereocenters. The van der Waals surface area contributed by atoms with Crippen molar-refractivity contribution in [1.29, 1.82) is 0 Å². The van der Waals surface area contributed by atoms with Gasteiger partial charge in [-0.05, 0) is 19.8 Å². The van der Waals surface area contributed by atoms with Gasteiger partial charge in [-0.3, -0.25) is 14.3 Å². The number of hydrogen-bond acceptors (Lipinski definition) is 3. The predicted octanol–water partition coefficient (Wildman–Crippen LogP) is 1.00. The van der Waals surface area contributed by atoms with Crippen LogP contribution in [-0.2, 0) is 23.1 Å². The summed E-state index contributed by atoms with van der Waals surface area (Å²) >= 11 is 0. The maximum atomic E-state index is 12.8. The van der Waals surface area contributed by atoms with E-state index in [0.717, 1.165) is 17.8 Å². The molecule has 1 aliphatic heterocycles. The minimum Gasteiger partial charge on any atom is -0.342 e. The first-order valence-electron chi connectivity index (χ1n) is 7.06. The Hall–Kier alpha value is -1.85. The van der Waals surface area contributed by atoms with E-state index in [2.05, 4.69) is 10.4 Å². The first-order chi connectivity index (χ1) is 9.41. The second-order valence-electron chi connectivity index (χ2n) is 5.43. The van der Waals surface area contributed by atoms with Crippen LogP contribution in [0.5, 0.6) is 0 Å². The van der Waals surface area contributed by atoms with Crippen LogP contribution >= 0.6 is 0 Å². The number of amides is 2. The number of aromatic nitrogens is 2. The van der Waals surface area contributed by atoms with E-state index in [0.29, 0.717) is 19.4 Å². The number of hydrogen-bond donors (Lipinski definition) is 1. The second kappa shape index (κ2) is 5.26. The van der Waals surface area contributed by atoms with Crippen LogP contribution in [0.15, 0.2) is 6.20 Å². The first-order valence-corrected chi connectivity index (χ1v) is 7.06. The van der Waals surface area contributed by atoms with E-state index in [1.165, 1.54) is 0 Å². The zero-order chi connectivity index (χ0) is 14.9. The fourth-order valence-electron chi connectivity index (χ4n) is 2.51. The molecule has 0 aromatic carbocycles. The summed E-state index contributed by atoms with van der Waals surface area (Å²) in [6.07, 6.45) is 3.49. The molecule has 1 N–H and O–H groups in total. The Balaban J connectivity index is 2.43. The van der Waals surface area contributed by atoms with Crippen molar-refractivity contribution in [2.45, 2.75) is 45.6 Å². The lowest BCUT2D eigenvalue weighted by molar-refractivity contribution is -0.129. The van der Waals surface area contributed by atoms with Gasteiger partial charge < -0.3 is 10.2 Å². The molecule has 0 saturated carbocycles. The van der Waals surface area contributed by atoms with Crippen molar-refractivity contribution in [3.8, 4) is 0 Å². The maximum Gasteiger partial charge on any atom is 0.252 e. The highest BCUT2D eigenvalue weighted by Gasteiger charge is 2.40. The number of nitrogens with one attached hydrogen (secondary N) is 1. The van der Waals surface area contributed by atoms with Gasteiger partial charge in [0.25, 0.3) is 5.91 Å². The number of aryl methyl sites for hydroxylation is 2. The summed E-state index contributed by atoms with van der Waals surface area (Å²) in [6.45, 7) is 6.11. The molecule has 0 radical (unpaired) electrons. The second-order valence-corrected chi connectivity index (χ2v) is 5.43. The molecule has 2 heterocycles. The lowest BCUT2D eigenvalue weighted by Crippen LogP contribution is -2.54. The molecule has 2 amide bonds. The molecule has 6 nitrogen and oxygen atoms in total. The SMILES string of the molecule is CCc1nn(C)cc1N1CCC(=O)NC(C)(CC)C1=O. The number of anilines is 1. The van der Waals surface area contributed by atoms with E-state index >= 15 is 0 Å². The van der Waals surface area contributed by atoms with E-state index in [4.69, 9.17) is 0 Å². The lowest BCUT2D eigenvalue weighted by atomic mass is 9.97. The highest BCUT2D eigenvalue weighted by Crippen LogP contribution is 2.26. The van der Waals surface area contributed by atoms with Crippen molar-refractivity contribution in [2.24, 2.45) is 7.05 Å². The Kier molecular flexibility index (Phi) is 3.83. The zero-order valence-corrected chi connectivity index (χ0v) is 12.6. The van der Waals surface area contributed by atoms with Crippen LogP contribution < -0.4 is 10.2 Å². The van der Waals surface area contributed by atoms with Crippen molar-refractivity contribution in [3.05, 3.63) is 11.9 Å². The van der Waals surface area contributed by atoms with Gasteiger partial charge >= 0.3 is 0 Å². The van der Waals surface area contributed by atoms with Gasteiger partial charge in [0.2, 0.25) is 5.91 Å². The Bertz CT molecular complexity index is 537. The van der Waals surface area contributed by atoms with E-state index in [9.17, 15) is 9.59 Å². The molecular weight excluding hydrogens is 256 g/mol. The van der Waals surface area contributed by atoms with Crippen LogP contribution in [0.2, 0.25) is 0 Å². The van der Waals surface area contributed by atoms with Gasteiger partial charge in [0.1, 0.15) is 5.54 Å². The third-order valence-corrected chi connectivity index (χ3v) is 3.91. The summed E-state index contributed by atoms with van der Waals surface area (Å²) in [6, 6.07) is 0. The van der Waals surface area contributed by atoms with Crippen molar-refractivity contribution < 1.29 is 9.59 Å². The molecule has 0 bridgehead atoms. The highest BCUT2D eigenvalue weighted by atomic mass is 16.2. The third kappa shape index (κ3) is 2.42. The topological polar surface area (TPSA) is 67.2 Å². The van der Waals surface area contributed by atoms with Crippen LogP contribution in [0.1, 0.15) is 39.3 Å². The molecular formula is C14H22N4O2. The predicted molar refractivity (Wildman–Crippen MR) is 76.4 cm³/mol. The summed E-state index contributed by atoms with van der Waals surface area (Å²) in [4.78, 5) is 26.3. The largest absolute Gasteiger partial charge is 0.342 e. The normalized spacial score (nSPS) is 23.7. The minimum atomic E-state index is -0.839. The lowest BCUT2D eigenvalue weighted by Gasteiger charge is -2.30. The summed E-state index contributed by atoms with van der Waals surface area (Å²) in [5.74, 6) is -0.138. The van der Waals surface area contributed by atoms with Crippen molar-refractivity contribution in [2.75, 3.05) is 11.4 Å². The van der Waals surface area contributed by atoms with Crippen LogP contribution in [0.25, 0.3) is 0 Å². The average Bonchev–Trinajstić information content (AvgIpc) is 2.74. The number of carbonyl (C=O) groups excluding carboxylic acids is 2. The molecule has 0 spiro atoms. The summed E-state index contributed by atoms with van der Waals surface area (Å²) in [7, 11) is 1.84. The smallest absolute Gasteiger partial charge is 0.252 e. The summed E-state index contributed by atoms with van der Waals surface area (Å²) in [5.41, 5.74) is 0.860.